The zero-order chi connectivity index (χ0) is 58.6. The van der Waals surface area contributed by atoms with Gasteiger partial charge >= 0.3 is 11.9 Å². The Morgan fingerprint density at radius 3 is 1.15 bits per heavy atom. The van der Waals surface area contributed by atoms with Crippen LogP contribution in [0.25, 0.3) is 0 Å². The number of aliphatic hydroxyl groups excluding tert-OH is 2. The Morgan fingerprint density at radius 2 is 0.753 bits per heavy atom. The highest BCUT2D eigenvalue weighted by Gasteiger charge is 2.23. The van der Waals surface area contributed by atoms with Crippen molar-refractivity contribution in [2.24, 2.45) is 35.2 Å². The fraction of sp³-hybridized carbons (Fsp3) is 0.943. The van der Waals surface area contributed by atoms with Gasteiger partial charge in [-0.2, -0.15) is 0 Å². The zero-order valence-corrected chi connectivity index (χ0v) is 54.2. The van der Waals surface area contributed by atoms with Gasteiger partial charge in [-0.15, -0.1) is 0 Å². The largest absolute Gasteiger partial charge is 0.462 e. The van der Waals surface area contributed by atoms with Gasteiger partial charge in [0.15, 0.2) is 0 Å². The molecular formula is C70H137N5O6. The summed E-state index contributed by atoms with van der Waals surface area (Å²) >= 11 is 0. The Hall–Kier alpha value is -1.92. The third kappa shape index (κ3) is 43.4. The fourth-order valence-electron chi connectivity index (χ4n) is 13.5. The molecule has 2 aliphatic rings. The number of nitrogens with two attached hydrogens (primary N) is 2. The van der Waals surface area contributed by atoms with Crippen molar-refractivity contribution in [3.8, 4) is 0 Å². The molecule has 0 heterocycles. The molecule has 2 atom stereocenters. The molecule has 0 amide bonds. The molecule has 81 heavy (non-hydrogen) atoms. The minimum Gasteiger partial charge on any atom is -0.462 e. The molecule has 6 N–H and O–H groups in total. The van der Waals surface area contributed by atoms with Crippen LogP contribution in [0.3, 0.4) is 0 Å². The highest BCUT2D eigenvalue weighted by atomic mass is 16.5. The molecule has 11 heteroatoms. The van der Waals surface area contributed by atoms with E-state index < -0.39 is 0 Å². The summed E-state index contributed by atoms with van der Waals surface area (Å²) in [5.74, 6) is 10.1. The van der Waals surface area contributed by atoms with Gasteiger partial charge in [-0.1, -0.05) is 233 Å². The first-order valence-electron chi connectivity index (χ1n) is 35.6. The van der Waals surface area contributed by atoms with E-state index >= 15 is 0 Å². The number of rotatable bonds is 57. The lowest BCUT2D eigenvalue weighted by atomic mass is 9.78. The number of hydrazine groups is 1. The van der Waals surface area contributed by atoms with Gasteiger partial charge < -0.3 is 35.3 Å². The van der Waals surface area contributed by atoms with Crippen LogP contribution in [-0.2, 0) is 19.1 Å². The van der Waals surface area contributed by atoms with Crippen molar-refractivity contribution in [3.05, 3.63) is 11.9 Å². The van der Waals surface area contributed by atoms with E-state index in [2.05, 4.69) is 32.6 Å². The number of hydrogen-bond acceptors (Lipinski definition) is 11. The summed E-state index contributed by atoms with van der Waals surface area (Å²) in [6.45, 7) is 14.4. The molecular weight excluding hydrogens is 1010 g/mol. The third-order valence-electron chi connectivity index (χ3n) is 18.7. The average Bonchev–Trinajstić information content (AvgIpc) is 3.45. The molecule has 2 saturated carbocycles. The standard InChI is InChI=1S/C70H137N5O6/c1-5-9-11-13-17-23-37-67(39-29-27-35-64-47-43-62(33-7-3)44-48-64)80-69(78)41-25-19-15-21-31-52-73(54-51-66(71)61-75(72)56-55-74(57-59-76)58-60-77)53-32-22-16-20-26-42-70(79)81-68(38-24-18-14-12-10-6-2)40-30-28-36-65-49-45-63(34-8-4)46-50-65/h61-65,67-68,76-77H,5-60,71-72H2,1-4H3/b66-61-. The average molecular weight is 1140 g/mol. The topological polar surface area (TPSA) is 155 Å². The van der Waals surface area contributed by atoms with Crippen molar-refractivity contribution < 1.29 is 29.3 Å². The minimum atomic E-state index is 0.0128. The second kappa shape index (κ2) is 53.5. The lowest BCUT2D eigenvalue weighted by Gasteiger charge is -2.28. The zero-order valence-electron chi connectivity index (χ0n) is 54.2. The number of hydrogen-bond donors (Lipinski definition) is 4. The lowest BCUT2D eigenvalue weighted by molar-refractivity contribution is -0.151. The first-order chi connectivity index (χ1) is 39.6. The van der Waals surface area contributed by atoms with Crippen LogP contribution in [-0.4, -0.2) is 108 Å². The van der Waals surface area contributed by atoms with Crippen LogP contribution in [0.4, 0.5) is 0 Å². The van der Waals surface area contributed by atoms with Crippen LogP contribution >= 0.6 is 0 Å². The summed E-state index contributed by atoms with van der Waals surface area (Å²) in [7, 11) is 0. The first kappa shape index (κ1) is 75.2. The second-order valence-electron chi connectivity index (χ2n) is 26.1. The summed E-state index contributed by atoms with van der Waals surface area (Å²) in [4.78, 5) is 31.0. The fourth-order valence-corrected chi connectivity index (χ4v) is 13.5. The van der Waals surface area contributed by atoms with E-state index in [0.717, 1.165) is 145 Å². The number of aliphatic hydroxyl groups is 2. The van der Waals surface area contributed by atoms with Gasteiger partial charge in [-0.3, -0.25) is 14.5 Å². The van der Waals surface area contributed by atoms with Crippen LogP contribution in [0.1, 0.15) is 329 Å². The molecule has 11 nitrogen and oxygen atoms in total. The van der Waals surface area contributed by atoms with Gasteiger partial charge in [0.25, 0.3) is 0 Å². The molecule has 0 bridgehead atoms. The van der Waals surface area contributed by atoms with E-state index in [1.165, 1.54) is 193 Å². The van der Waals surface area contributed by atoms with Gasteiger partial charge in [0.2, 0.25) is 0 Å². The Morgan fingerprint density at radius 1 is 0.407 bits per heavy atom. The van der Waals surface area contributed by atoms with Crippen molar-refractivity contribution in [1.82, 2.24) is 14.8 Å². The van der Waals surface area contributed by atoms with E-state index in [4.69, 9.17) is 21.1 Å². The van der Waals surface area contributed by atoms with Crippen LogP contribution in [0.15, 0.2) is 11.9 Å². The van der Waals surface area contributed by atoms with Crippen molar-refractivity contribution in [2.75, 3.05) is 59.0 Å². The number of nitrogens with zero attached hydrogens (tertiary/aromatic N) is 3. The number of esters is 2. The molecule has 2 unspecified atom stereocenters. The van der Waals surface area contributed by atoms with Crippen molar-refractivity contribution in [1.29, 1.82) is 0 Å². The highest BCUT2D eigenvalue weighted by Crippen LogP contribution is 2.36. The number of ether oxygens (including phenoxy) is 2. The SMILES string of the molecule is CCCCCCCCC(CCCCC1CCC(CCC)CC1)OC(=O)CCCCCCCN(CCCCCCCC(=O)OC(CCCCCCCC)CCCCC1CCC(CCC)CC1)CC/C(N)=C/N(N)CCN(CCO)CCO. The summed E-state index contributed by atoms with van der Waals surface area (Å²) in [5.41, 5.74) is 7.30. The van der Waals surface area contributed by atoms with Crippen LogP contribution in [0.5, 0.6) is 0 Å². The Kier molecular flexibility index (Phi) is 49.7. The van der Waals surface area contributed by atoms with E-state index in [1.54, 1.807) is 5.01 Å². The molecule has 0 aromatic heterocycles. The van der Waals surface area contributed by atoms with Gasteiger partial charge in [0.05, 0.1) is 13.2 Å². The summed E-state index contributed by atoms with van der Waals surface area (Å²) in [6, 6.07) is 0. The minimum absolute atomic E-state index is 0.0128. The Labute approximate surface area is 501 Å². The highest BCUT2D eigenvalue weighted by molar-refractivity contribution is 5.69. The molecule has 0 radical (unpaired) electrons. The van der Waals surface area contributed by atoms with Gasteiger partial charge in [-0.25, -0.2) is 5.84 Å². The van der Waals surface area contributed by atoms with E-state index in [1.807, 2.05) is 11.1 Å². The maximum atomic E-state index is 13.2. The summed E-state index contributed by atoms with van der Waals surface area (Å²) in [6.07, 6.45) is 58.4. The summed E-state index contributed by atoms with van der Waals surface area (Å²) in [5, 5.41) is 20.4. The molecule has 2 rings (SSSR count). The predicted octanol–water partition coefficient (Wildman–Crippen LogP) is 17.3. The third-order valence-corrected chi connectivity index (χ3v) is 18.7. The first-order valence-corrected chi connectivity index (χ1v) is 35.6. The molecule has 2 fully saturated rings. The number of unbranched alkanes of at least 4 members (excludes halogenated alkanes) is 20. The Balaban J connectivity index is 1.81. The van der Waals surface area contributed by atoms with Gasteiger partial charge in [-0.05, 0) is 114 Å². The van der Waals surface area contributed by atoms with E-state index in [-0.39, 0.29) is 37.4 Å². The molecule has 0 spiro atoms. The molecule has 0 aromatic carbocycles. The smallest absolute Gasteiger partial charge is 0.306 e. The van der Waals surface area contributed by atoms with Gasteiger partial charge in [0, 0.05) is 63.9 Å². The summed E-state index contributed by atoms with van der Waals surface area (Å²) < 4.78 is 12.4. The van der Waals surface area contributed by atoms with Crippen molar-refractivity contribution in [3.63, 3.8) is 0 Å². The van der Waals surface area contributed by atoms with Crippen molar-refractivity contribution in [2.45, 2.75) is 342 Å². The van der Waals surface area contributed by atoms with Crippen molar-refractivity contribution >= 4 is 11.9 Å². The lowest BCUT2D eigenvalue weighted by Crippen LogP contribution is -2.39. The predicted molar refractivity (Wildman–Crippen MR) is 344 cm³/mol. The molecule has 0 saturated heterocycles. The number of carbonyl (C=O) groups excluding carboxylic acids is 2. The van der Waals surface area contributed by atoms with Gasteiger partial charge in [0.1, 0.15) is 12.2 Å². The molecule has 0 aromatic rings. The van der Waals surface area contributed by atoms with Crippen LogP contribution in [0.2, 0.25) is 0 Å². The monoisotopic (exact) mass is 1140 g/mol. The number of carbonyl (C=O) groups is 2. The van der Waals surface area contributed by atoms with E-state index in [9.17, 15) is 19.8 Å². The maximum absolute atomic E-state index is 13.2. The quantitative estimate of drug-likeness (QED) is 0.0199. The molecule has 478 valence electrons. The van der Waals surface area contributed by atoms with E-state index in [0.29, 0.717) is 39.0 Å². The maximum Gasteiger partial charge on any atom is 0.306 e. The normalized spacial score (nSPS) is 18.7. The Bertz CT molecular complexity index is 1350. The van der Waals surface area contributed by atoms with Crippen LogP contribution in [0, 0.1) is 23.7 Å². The molecule has 2 aliphatic carbocycles. The van der Waals surface area contributed by atoms with Crippen LogP contribution < -0.4 is 11.6 Å². The second-order valence-corrected chi connectivity index (χ2v) is 26.1. The molecule has 0 aliphatic heterocycles.